The number of nitrogens with two attached hydrogens (primary N) is 3. The zero-order valence-electron chi connectivity index (χ0n) is 14.1. The zero-order chi connectivity index (χ0) is 18.4. The first-order valence-corrected chi connectivity index (χ1v) is 5.53. The van der Waals surface area contributed by atoms with Crippen molar-refractivity contribution < 1.29 is 62.1 Å². The van der Waals surface area contributed by atoms with Crippen molar-refractivity contribution in [2.45, 2.75) is 34.1 Å². The molecule has 0 atom stereocenters. The van der Waals surface area contributed by atoms with Crippen LogP contribution in [0.2, 0.25) is 0 Å². The molecule has 0 saturated carbocycles. The second kappa shape index (κ2) is 49.6. The summed E-state index contributed by atoms with van der Waals surface area (Å²) in [4.78, 5) is 36.0. The molecule has 12 N–H and O–H groups in total. The van der Waals surface area contributed by atoms with Gasteiger partial charge in [-0.3, -0.25) is 19.2 Å². The third kappa shape index (κ3) is 131000. The van der Waals surface area contributed by atoms with E-state index in [4.69, 9.17) is 51.1 Å². The molecule has 0 aromatic rings. The van der Waals surface area contributed by atoms with Gasteiger partial charge in [-0.1, -0.05) is 0 Å². The van der Waals surface area contributed by atoms with Gasteiger partial charge in [0, 0.05) is 44.8 Å². The summed E-state index contributed by atoms with van der Waals surface area (Å²) in [6.07, 6.45) is 0.944. The van der Waals surface area contributed by atoms with Crippen LogP contribution in [0, 0.1) is 0 Å². The summed E-state index contributed by atoms with van der Waals surface area (Å²) in [5.41, 5.74) is 10.1. The molecule has 0 aliphatic carbocycles. The molecule has 0 heterocycles. The quantitative estimate of drug-likeness (QED) is 0.322. The van der Waals surface area contributed by atoms with E-state index in [9.17, 15) is 0 Å². The molecule has 0 aromatic carbocycles. The maximum Gasteiger partial charge on any atom is 0.300 e. The van der Waals surface area contributed by atoms with Crippen molar-refractivity contribution >= 4 is 23.9 Å². The van der Waals surface area contributed by atoms with Gasteiger partial charge >= 0.3 is 0 Å². The number of carbonyl (C=O) groups is 4. The molecule has 152 valence electrons. The Bertz CT molecular complexity index is 213. The van der Waals surface area contributed by atoms with Crippen molar-refractivity contribution in [1.82, 2.24) is 0 Å². The van der Waals surface area contributed by atoms with E-state index in [0.29, 0.717) is 0 Å². The van der Waals surface area contributed by atoms with Crippen LogP contribution in [-0.2, 0) is 36.2 Å². The fourth-order valence-corrected chi connectivity index (χ4v) is 0.118. The van der Waals surface area contributed by atoms with Crippen LogP contribution in [0.5, 0.6) is 0 Å². The monoisotopic (exact) mass is 404 g/mol. The Morgan fingerprint density at radius 1 is 0.667 bits per heavy atom. The van der Waals surface area contributed by atoms with E-state index in [1.54, 1.807) is 0 Å². The van der Waals surface area contributed by atoms with Gasteiger partial charge in [-0.25, -0.2) is 0 Å². The number of carboxylic acid groups (broad SMARTS) is 4. The van der Waals surface area contributed by atoms with Crippen LogP contribution in [0.15, 0.2) is 0 Å². The summed E-state index contributed by atoms with van der Waals surface area (Å²) in [6, 6.07) is 0. The minimum Gasteiger partial charge on any atom is -0.693 e. The molecule has 0 aliphatic heterocycles. The molecule has 0 spiro atoms. The molecular weight excluding hydrogens is 374 g/mol. The second-order valence-corrected chi connectivity index (χ2v) is 3.01. The first-order valence-electron chi connectivity index (χ1n) is 5.53. The van der Waals surface area contributed by atoms with E-state index in [1.807, 2.05) is 0 Å². The zero-order valence-corrected chi connectivity index (χ0v) is 15.2. The fraction of sp³-hybridized carbons (Fsp3) is 0.636. The van der Waals surface area contributed by atoms with Crippen molar-refractivity contribution in [1.29, 1.82) is 0 Å². The third-order valence-electron chi connectivity index (χ3n) is 0.408. The predicted molar refractivity (Wildman–Crippen MR) is 84.9 cm³/mol. The number of hydrogen-bond donors (Lipinski definition) is 6. The number of rotatable bonds is 2. The van der Waals surface area contributed by atoms with E-state index < -0.39 is 23.9 Å². The molecular formula is C11H30FeN3O9-. The molecule has 0 bridgehead atoms. The predicted octanol–water partition coefficient (Wildman–Crippen LogP) is -0.453. The Kier molecular flexibility index (Phi) is 102. The number of aliphatic carboxylic acids is 4. The molecule has 0 rings (SSSR count). The Morgan fingerprint density at radius 2 is 0.750 bits per heavy atom. The third-order valence-corrected chi connectivity index (χ3v) is 0.408. The van der Waals surface area contributed by atoms with Gasteiger partial charge in [0.1, 0.15) is 0 Å². The summed E-state index contributed by atoms with van der Waals surface area (Å²) in [5.74, 6) is -3.33. The van der Waals surface area contributed by atoms with E-state index >= 15 is 0 Å². The summed E-state index contributed by atoms with van der Waals surface area (Å²) in [5, 5.41) is 29.7. The van der Waals surface area contributed by atoms with Crippen molar-refractivity contribution in [3.8, 4) is 0 Å². The second-order valence-electron chi connectivity index (χ2n) is 3.01. The van der Waals surface area contributed by atoms with Gasteiger partial charge in [0.15, 0.2) is 0 Å². The Morgan fingerprint density at radius 3 is 0.750 bits per heavy atom. The molecule has 0 aromatic heterocycles. The van der Waals surface area contributed by atoms with Gasteiger partial charge in [0.05, 0.1) is 0 Å². The summed E-state index contributed by atoms with van der Waals surface area (Å²) >= 11 is 0. The maximum atomic E-state index is 9.00. The summed E-state index contributed by atoms with van der Waals surface area (Å²) in [6.45, 7) is 5.77. The summed E-state index contributed by atoms with van der Waals surface area (Å²) in [7, 11) is 0. The molecule has 0 radical (unpaired) electrons. The van der Waals surface area contributed by atoms with Crippen LogP contribution in [0.1, 0.15) is 34.1 Å². The molecule has 0 unspecified atom stereocenters. The Hall–Kier alpha value is -1.76. The SMILES string of the molecule is CC(=O)O.CC(=O)O.CC(=O)O.CC(=O)O.NCCCN.O.[Fe].[NH2-]. The average molecular weight is 404 g/mol. The molecule has 13 heteroatoms. The van der Waals surface area contributed by atoms with Crippen LogP contribution in [0.3, 0.4) is 0 Å². The molecule has 0 saturated heterocycles. The molecule has 0 amide bonds. The average Bonchev–Trinajstić information content (AvgIpc) is 2.14. The number of carboxylic acids is 4. The molecule has 24 heavy (non-hydrogen) atoms. The van der Waals surface area contributed by atoms with Crippen LogP contribution >= 0.6 is 0 Å². The maximum absolute atomic E-state index is 9.00. The van der Waals surface area contributed by atoms with E-state index in [0.717, 1.165) is 47.2 Å². The van der Waals surface area contributed by atoms with Crippen LogP contribution < -0.4 is 11.5 Å². The Balaban J connectivity index is -0.0000000216. The van der Waals surface area contributed by atoms with E-state index in [2.05, 4.69) is 0 Å². The normalized spacial score (nSPS) is 5.92. The molecule has 0 fully saturated rings. The van der Waals surface area contributed by atoms with Crippen LogP contribution in [0.25, 0.3) is 6.15 Å². The van der Waals surface area contributed by atoms with Crippen molar-refractivity contribution in [3.05, 3.63) is 6.15 Å². The summed E-state index contributed by atoms with van der Waals surface area (Å²) < 4.78 is 0. The van der Waals surface area contributed by atoms with Gasteiger partial charge in [-0.2, -0.15) is 0 Å². The van der Waals surface area contributed by atoms with Crippen molar-refractivity contribution in [3.63, 3.8) is 0 Å². The van der Waals surface area contributed by atoms with Crippen LogP contribution in [-0.4, -0.2) is 62.9 Å². The van der Waals surface area contributed by atoms with Gasteiger partial charge < -0.3 is 43.5 Å². The minimum absolute atomic E-state index is 0. The van der Waals surface area contributed by atoms with Gasteiger partial charge in [-0.05, 0) is 19.5 Å². The van der Waals surface area contributed by atoms with E-state index in [-0.39, 0.29) is 28.7 Å². The first-order chi connectivity index (χ1) is 9.34. The standard InChI is InChI=1S/C3H10N2.4C2H4O2.Fe.H2N.H2O/c4-2-1-3-5;4*1-2(3)4;;;/h1-5H2;4*1H3,(H,3,4);;2*1H2/q;;;;;;-1;. The number of hydrogen-bond acceptors (Lipinski definition) is 6. The minimum atomic E-state index is -0.833. The largest absolute Gasteiger partial charge is 0.693 e. The van der Waals surface area contributed by atoms with Gasteiger partial charge in [-0.15, -0.1) is 0 Å². The van der Waals surface area contributed by atoms with E-state index in [1.165, 1.54) is 0 Å². The first kappa shape index (κ1) is 49.5. The van der Waals surface area contributed by atoms with Gasteiger partial charge in [0.25, 0.3) is 23.9 Å². The fourth-order valence-electron chi connectivity index (χ4n) is 0.118. The smallest absolute Gasteiger partial charge is 0.300 e. The topological polar surface area (TPSA) is 266 Å². The van der Waals surface area contributed by atoms with Crippen LogP contribution in [0.4, 0.5) is 0 Å². The van der Waals surface area contributed by atoms with Crippen molar-refractivity contribution in [2.75, 3.05) is 13.1 Å². The molecule has 12 nitrogen and oxygen atoms in total. The van der Waals surface area contributed by atoms with Crippen molar-refractivity contribution in [2.24, 2.45) is 11.5 Å². The Labute approximate surface area is 151 Å². The molecule has 0 aliphatic rings. The van der Waals surface area contributed by atoms with Gasteiger partial charge in [0.2, 0.25) is 0 Å².